The number of aliphatic hydroxyl groups excluding tert-OH is 2. The van der Waals surface area contributed by atoms with Gasteiger partial charge in [-0.3, -0.25) is 0 Å². The molecular weight excluding hydrogens is 117 g/mol. The summed E-state index contributed by atoms with van der Waals surface area (Å²) in [6.07, 6.45) is 0.486. The van der Waals surface area contributed by atoms with Gasteiger partial charge in [0, 0.05) is 12.6 Å². The minimum atomic E-state index is -0.229. The zero-order valence-corrected chi connectivity index (χ0v) is 5.62. The van der Waals surface area contributed by atoms with E-state index in [9.17, 15) is 0 Å². The second-order valence-corrected chi connectivity index (χ2v) is 2.67. The highest BCUT2D eigenvalue weighted by atomic mass is 16.3. The Labute approximate surface area is 55.7 Å². The summed E-state index contributed by atoms with van der Waals surface area (Å²) >= 11 is 0. The molecule has 1 aliphatic heterocycles. The molecule has 0 aliphatic carbocycles. The first kappa shape index (κ1) is 7.06. The fourth-order valence-electron chi connectivity index (χ4n) is 1.26. The van der Waals surface area contributed by atoms with Crippen LogP contribution in [0.25, 0.3) is 0 Å². The first-order valence-electron chi connectivity index (χ1n) is 3.23. The normalized spacial score (nSPS) is 37.6. The molecule has 0 radical (unpaired) electrons. The molecule has 0 bridgehead atoms. The molecule has 1 aliphatic rings. The number of hydrogen-bond donors (Lipinski definition) is 2. The van der Waals surface area contributed by atoms with Crippen LogP contribution in [-0.2, 0) is 0 Å². The molecule has 9 heavy (non-hydrogen) atoms. The summed E-state index contributed by atoms with van der Waals surface area (Å²) in [5.41, 5.74) is 0. The van der Waals surface area contributed by atoms with Gasteiger partial charge in [0.1, 0.15) is 0 Å². The van der Waals surface area contributed by atoms with Crippen LogP contribution in [0.2, 0.25) is 0 Å². The molecule has 0 spiro atoms. The highest BCUT2D eigenvalue weighted by molar-refractivity contribution is 6.04. The van der Waals surface area contributed by atoms with Gasteiger partial charge in [-0.1, -0.05) is 0 Å². The molecule has 0 saturated carbocycles. The van der Waals surface area contributed by atoms with Crippen LogP contribution in [-0.4, -0.2) is 48.3 Å². The molecule has 1 fully saturated rings. The van der Waals surface area contributed by atoms with E-state index in [0.29, 0.717) is 13.0 Å². The summed E-state index contributed by atoms with van der Waals surface area (Å²) in [6.45, 7) is 0.860. The van der Waals surface area contributed by atoms with Gasteiger partial charge in [-0.25, -0.2) is 0 Å². The molecule has 3 nitrogen and oxygen atoms in total. The van der Waals surface area contributed by atoms with Crippen molar-refractivity contribution in [1.82, 2.24) is 4.81 Å². The van der Waals surface area contributed by atoms with Crippen LogP contribution in [0, 0.1) is 0 Å². The van der Waals surface area contributed by atoms with Crippen molar-refractivity contribution in [3.05, 3.63) is 0 Å². The third-order valence-electron chi connectivity index (χ3n) is 1.88. The van der Waals surface area contributed by atoms with Crippen molar-refractivity contribution in [2.45, 2.75) is 18.6 Å². The Bertz CT molecular complexity index is 101. The van der Waals surface area contributed by atoms with Crippen molar-refractivity contribution < 1.29 is 10.2 Å². The van der Waals surface area contributed by atoms with Crippen molar-refractivity contribution in [3.63, 3.8) is 0 Å². The average Bonchev–Trinajstić information content (AvgIpc) is 2.10. The summed E-state index contributed by atoms with van der Waals surface area (Å²) in [6, 6.07) is 0.181. The maximum absolute atomic E-state index is 9.05. The molecule has 1 rings (SSSR count). The predicted molar refractivity (Wildman–Crippen MR) is 36.7 cm³/mol. The zero-order valence-electron chi connectivity index (χ0n) is 5.62. The lowest BCUT2D eigenvalue weighted by molar-refractivity contribution is 0.184. The Kier molecular flexibility index (Phi) is 2.11. The van der Waals surface area contributed by atoms with Gasteiger partial charge in [0.25, 0.3) is 0 Å². The highest BCUT2D eigenvalue weighted by Gasteiger charge is 2.26. The van der Waals surface area contributed by atoms with Gasteiger partial charge in [-0.2, -0.15) is 0 Å². The monoisotopic (exact) mass is 129 g/mol. The lowest BCUT2D eigenvalue weighted by atomic mass is 10.2. The van der Waals surface area contributed by atoms with Gasteiger partial charge in [0.15, 0.2) is 7.98 Å². The summed E-state index contributed by atoms with van der Waals surface area (Å²) in [5.74, 6) is 0. The molecule has 0 amide bonds. The highest BCUT2D eigenvalue weighted by Crippen LogP contribution is 2.13. The molecule has 1 saturated heterocycles. The smallest absolute Gasteiger partial charge is 0.186 e. The van der Waals surface area contributed by atoms with Crippen molar-refractivity contribution in [1.29, 1.82) is 0 Å². The molecular formula is C5H12BNO2. The van der Waals surface area contributed by atoms with Gasteiger partial charge in [0.05, 0.1) is 12.7 Å². The number of rotatable bonds is 1. The average molecular weight is 129 g/mol. The van der Waals surface area contributed by atoms with Crippen LogP contribution in [0.15, 0.2) is 0 Å². The Morgan fingerprint density at radius 2 is 2.33 bits per heavy atom. The van der Waals surface area contributed by atoms with E-state index in [0.717, 1.165) is 0 Å². The summed E-state index contributed by atoms with van der Waals surface area (Å²) in [4.78, 5) is 1.98. The van der Waals surface area contributed by atoms with Crippen LogP contribution in [0.3, 0.4) is 0 Å². The lowest BCUT2D eigenvalue weighted by Crippen LogP contribution is -2.29. The molecule has 0 aromatic rings. The molecule has 0 aromatic carbocycles. The van der Waals surface area contributed by atoms with E-state index in [1.54, 1.807) is 0 Å². The van der Waals surface area contributed by atoms with E-state index >= 15 is 0 Å². The van der Waals surface area contributed by atoms with E-state index in [-0.39, 0.29) is 18.8 Å². The maximum atomic E-state index is 9.05. The van der Waals surface area contributed by atoms with Crippen LogP contribution in [0.5, 0.6) is 0 Å². The van der Waals surface area contributed by atoms with E-state index in [1.165, 1.54) is 0 Å². The topological polar surface area (TPSA) is 43.7 Å². The molecule has 0 unspecified atom stereocenters. The number of aliphatic hydroxyl groups is 2. The van der Waals surface area contributed by atoms with Gasteiger partial charge in [-0.15, -0.1) is 0 Å². The van der Waals surface area contributed by atoms with Gasteiger partial charge < -0.3 is 15.0 Å². The van der Waals surface area contributed by atoms with Crippen LogP contribution < -0.4 is 0 Å². The van der Waals surface area contributed by atoms with E-state index in [1.807, 2.05) is 12.8 Å². The Morgan fingerprint density at radius 3 is 2.56 bits per heavy atom. The first-order valence-corrected chi connectivity index (χ1v) is 3.23. The standard InChI is InChI=1S/C5H12BNO2/c6-7-2-5(9)1-4(7)3-8/h4-5,8-9H,1-3,6H2/t4-,5+/m1/s1. The van der Waals surface area contributed by atoms with E-state index in [2.05, 4.69) is 0 Å². The number of hydrogen-bond acceptors (Lipinski definition) is 3. The third kappa shape index (κ3) is 1.44. The van der Waals surface area contributed by atoms with Crippen molar-refractivity contribution in [2.75, 3.05) is 13.2 Å². The van der Waals surface area contributed by atoms with Crippen molar-refractivity contribution >= 4 is 7.98 Å². The quantitative estimate of drug-likeness (QED) is 0.401. The zero-order chi connectivity index (χ0) is 6.85. The summed E-state index contributed by atoms with van der Waals surface area (Å²) in [7, 11) is 1.91. The minimum absolute atomic E-state index is 0.160. The predicted octanol–water partition coefficient (Wildman–Crippen LogP) is -2.04. The maximum Gasteiger partial charge on any atom is 0.186 e. The SMILES string of the molecule is BN1C[C@@H](O)C[C@@H]1CO. The Morgan fingerprint density at radius 1 is 1.67 bits per heavy atom. The second kappa shape index (κ2) is 2.69. The molecule has 1 heterocycles. The van der Waals surface area contributed by atoms with Gasteiger partial charge >= 0.3 is 0 Å². The van der Waals surface area contributed by atoms with Crippen molar-refractivity contribution in [3.8, 4) is 0 Å². The summed E-state index contributed by atoms with van der Waals surface area (Å²) in [5, 5.41) is 17.7. The molecule has 0 aromatic heterocycles. The largest absolute Gasteiger partial charge is 0.395 e. The minimum Gasteiger partial charge on any atom is -0.395 e. The Balaban J connectivity index is 2.38. The first-order chi connectivity index (χ1) is 4.24. The molecule has 2 atom stereocenters. The van der Waals surface area contributed by atoms with E-state index < -0.39 is 0 Å². The fourth-order valence-corrected chi connectivity index (χ4v) is 1.26. The lowest BCUT2D eigenvalue weighted by Gasteiger charge is -2.15. The summed E-state index contributed by atoms with van der Waals surface area (Å²) < 4.78 is 0. The molecule has 2 N–H and O–H groups in total. The van der Waals surface area contributed by atoms with E-state index in [4.69, 9.17) is 10.2 Å². The van der Waals surface area contributed by atoms with Gasteiger partial charge in [-0.05, 0) is 6.42 Å². The fraction of sp³-hybridized carbons (Fsp3) is 1.00. The Hall–Kier alpha value is -0.0551. The van der Waals surface area contributed by atoms with Gasteiger partial charge in [0.2, 0.25) is 0 Å². The van der Waals surface area contributed by atoms with Crippen LogP contribution in [0.4, 0.5) is 0 Å². The second-order valence-electron chi connectivity index (χ2n) is 2.67. The number of nitrogens with zero attached hydrogens (tertiary/aromatic N) is 1. The van der Waals surface area contributed by atoms with Crippen LogP contribution in [0.1, 0.15) is 6.42 Å². The molecule has 4 heteroatoms. The molecule has 52 valence electrons. The van der Waals surface area contributed by atoms with Crippen molar-refractivity contribution in [2.24, 2.45) is 0 Å². The van der Waals surface area contributed by atoms with Crippen LogP contribution >= 0.6 is 0 Å². The number of β-amino-alcohol motifs (C(OH)–C–C–N with tert-alkyl or cyclic N) is 1. The third-order valence-corrected chi connectivity index (χ3v) is 1.88.